The van der Waals surface area contributed by atoms with Crippen molar-refractivity contribution in [1.82, 2.24) is 24.6 Å². The molecule has 7 nitrogen and oxygen atoms in total. The fraction of sp³-hybridized carbons (Fsp3) is 0.222. The molecule has 1 atom stereocenters. The van der Waals surface area contributed by atoms with E-state index in [9.17, 15) is 4.79 Å². The van der Waals surface area contributed by atoms with E-state index in [-0.39, 0.29) is 12.1 Å². The Morgan fingerprint density at radius 1 is 1.16 bits per heavy atom. The Kier molecular flexibility index (Phi) is 4.12. The predicted octanol–water partition coefficient (Wildman–Crippen LogP) is 3.03. The second kappa shape index (κ2) is 6.72. The Bertz CT molecular complexity index is 832. The number of nitrogens with zero attached hydrogens (tertiary/aromatic N) is 5. The van der Waals surface area contributed by atoms with Gasteiger partial charge in [0.15, 0.2) is 5.82 Å². The van der Waals surface area contributed by atoms with Crippen LogP contribution in [0, 0.1) is 0 Å². The van der Waals surface area contributed by atoms with Gasteiger partial charge in [0, 0.05) is 6.54 Å². The number of pyridine rings is 1. The van der Waals surface area contributed by atoms with E-state index in [2.05, 4.69) is 32.5 Å². The molecule has 1 aliphatic rings. The summed E-state index contributed by atoms with van der Waals surface area (Å²) >= 11 is 0. The van der Waals surface area contributed by atoms with E-state index >= 15 is 0 Å². The molecular weight excluding hydrogens is 316 g/mol. The normalized spacial score (nSPS) is 16.8. The molecule has 3 aromatic rings. The SMILES string of the molecule is O=C(Nc1ccc(-n2cncn2)nc1)N1CCC[C@@H]1c1ccccc1. The van der Waals surface area contributed by atoms with E-state index in [1.165, 1.54) is 11.9 Å². The highest BCUT2D eigenvalue weighted by Gasteiger charge is 2.29. The van der Waals surface area contributed by atoms with Crippen molar-refractivity contribution >= 4 is 11.7 Å². The average Bonchev–Trinajstić information content (AvgIpc) is 3.35. The molecule has 4 rings (SSSR count). The molecule has 0 saturated carbocycles. The molecule has 1 saturated heterocycles. The lowest BCUT2D eigenvalue weighted by atomic mass is 10.1. The fourth-order valence-corrected chi connectivity index (χ4v) is 3.15. The maximum absolute atomic E-state index is 12.7. The van der Waals surface area contributed by atoms with Crippen LogP contribution in [0.15, 0.2) is 61.3 Å². The molecule has 0 radical (unpaired) electrons. The van der Waals surface area contributed by atoms with Gasteiger partial charge in [-0.2, -0.15) is 5.10 Å². The van der Waals surface area contributed by atoms with Gasteiger partial charge in [0.2, 0.25) is 0 Å². The van der Waals surface area contributed by atoms with Crippen molar-refractivity contribution in [1.29, 1.82) is 0 Å². The first-order valence-corrected chi connectivity index (χ1v) is 8.25. The number of nitrogens with one attached hydrogen (secondary N) is 1. The van der Waals surface area contributed by atoms with Gasteiger partial charge in [0.1, 0.15) is 12.7 Å². The smallest absolute Gasteiger partial charge is 0.317 e. The van der Waals surface area contributed by atoms with Gasteiger partial charge in [-0.1, -0.05) is 30.3 Å². The summed E-state index contributed by atoms with van der Waals surface area (Å²) < 4.78 is 1.57. The second-order valence-corrected chi connectivity index (χ2v) is 5.94. The summed E-state index contributed by atoms with van der Waals surface area (Å²) in [6, 6.07) is 13.8. The summed E-state index contributed by atoms with van der Waals surface area (Å²) in [5.74, 6) is 0.652. The summed E-state index contributed by atoms with van der Waals surface area (Å²) in [5, 5.41) is 6.97. The van der Waals surface area contributed by atoms with Crippen molar-refractivity contribution < 1.29 is 4.79 Å². The maximum Gasteiger partial charge on any atom is 0.322 e. The third kappa shape index (κ3) is 3.21. The first-order chi connectivity index (χ1) is 12.3. The molecule has 2 aromatic heterocycles. The number of hydrogen-bond donors (Lipinski definition) is 1. The third-order valence-electron chi connectivity index (χ3n) is 4.35. The molecule has 0 spiro atoms. The minimum atomic E-state index is -0.0957. The molecular formula is C18H18N6O. The number of urea groups is 1. The highest BCUT2D eigenvalue weighted by Crippen LogP contribution is 2.32. The van der Waals surface area contributed by atoms with E-state index in [4.69, 9.17) is 0 Å². The zero-order valence-corrected chi connectivity index (χ0v) is 13.6. The third-order valence-corrected chi connectivity index (χ3v) is 4.35. The number of hydrogen-bond acceptors (Lipinski definition) is 4. The van der Waals surface area contributed by atoms with Crippen LogP contribution in [0.2, 0.25) is 0 Å². The lowest BCUT2D eigenvalue weighted by Gasteiger charge is -2.25. The number of amides is 2. The molecule has 3 heterocycles. The molecule has 0 unspecified atom stereocenters. The topological polar surface area (TPSA) is 75.9 Å². The lowest BCUT2D eigenvalue weighted by Crippen LogP contribution is -2.34. The largest absolute Gasteiger partial charge is 0.322 e. The number of likely N-dealkylation sites (tertiary alicyclic amines) is 1. The van der Waals surface area contributed by atoms with Gasteiger partial charge >= 0.3 is 6.03 Å². The Labute approximate surface area is 145 Å². The van der Waals surface area contributed by atoms with Crippen LogP contribution in [-0.4, -0.2) is 37.2 Å². The summed E-state index contributed by atoms with van der Waals surface area (Å²) in [5.41, 5.74) is 1.84. The van der Waals surface area contributed by atoms with Crippen LogP contribution in [0.5, 0.6) is 0 Å². The second-order valence-electron chi connectivity index (χ2n) is 5.94. The number of rotatable bonds is 3. The van der Waals surface area contributed by atoms with Crippen LogP contribution < -0.4 is 5.32 Å². The minimum absolute atomic E-state index is 0.0957. The first kappa shape index (κ1) is 15.3. The van der Waals surface area contributed by atoms with E-state index in [0.29, 0.717) is 11.5 Å². The molecule has 7 heteroatoms. The fourth-order valence-electron chi connectivity index (χ4n) is 3.15. The van der Waals surface area contributed by atoms with E-state index in [1.807, 2.05) is 29.2 Å². The number of anilines is 1. The summed E-state index contributed by atoms with van der Waals surface area (Å²) in [6.45, 7) is 0.760. The number of carbonyl (C=O) groups is 1. The predicted molar refractivity (Wildman–Crippen MR) is 93.3 cm³/mol. The molecule has 1 aliphatic heterocycles. The molecule has 0 aliphatic carbocycles. The zero-order chi connectivity index (χ0) is 17.1. The lowest BCUT2D eigenvalue weighted by molar-refractivity contribution is 0.207. The monoisotopic (exact) mass is 334 g/mol. The molecule has 25 heavy (non-hydrogen) atoms. The minimum Gasteiger partial charge on any atom is -0.317 e. The van der Waals surface area contributed by atoms with Gasteiger partial charge in [-0.3, -0.25) is 0 Å². The average molecular weight is 334 g/mol. The summed E-state index contributed by atoms with van der Waals surface area (Å²) in [6.07, 6.45) is 6.66. The van der Waals surface area contributed by atoms with Crippen LogP contribution in [-0.2, 0) is 0 Å². The standard InChI is InChI=1S/C18H18N6O/c25-18(23-10-4-7-16(23)14-5-2-1-3-6-14)22-15-8-9-17(20-11-15)24-13-19-12-21-24/h1-3,5-6,8-9,11-13,16H,4,7,10H2,(H,22,25)/t16-/m1/s1. The number of benzene rings is 1. The van der Waals surface area contributed by atoms with Crippen molar-refractivity contribution in [2.45, 2.75) is 18.9 Å². The van der Waals surface area contributed by atoms with E-state index in [0.717, 1.165) is 19.4 Å². The van der Waals surface area contributed by atoms with Crippen LogP contribution in [0.3, 0.4) is 0 Å². The molecule has 1 fully saturated rings. The Morgan fingerprint density at radius 3 is 2.76 bits per heavy atom. The van der Waals surface area contributed by atoms with Crippen molar-refractivity contribution in [2.24, 2.45) is 0 Å². The summed E-state index contributed by atoms with van der Waals surface area (Å²) in [7, 11) is 0. The van der Waals surface area contributed by atoms with Gasteiger partial charge in [-0.25, -0.2) is 19.4 Å². The van der Waals surface area contributed by atoms with Crippen molar-refractivity contribution in [2.75, 3.05) is 11.9 Å². The summed E-state index contributed by atoms with van der Waals surface area (Å²) in [4.78, 5) is 22.8. The van der Waals surface area contributed by atoms with Crippen molar-refractivity contribution in [3.05, 3.63) is 66.9 Å². The Hall–Kier alpha value is -3.22. The van der Waals surface area contributed by atoms with Gasteiger partial charge in [0.05, 0.1) is 17.9 Å². The van der Waals surface area contributed by atoms with Gasteiger partial charge in [0.25, 0.3) is 0 Å². The van der Waals surface area contributed by atoms with E-state index in [1.54, 1.807) is 23.3 Å². The van der Waals surface area contributed by atoms with E-state index < -0.39 is 0 Å². The number of carbonyl (C=O) groups excluding carboxylic acids is 1. The maximum atomic E-state index is 12.7. The highest BCUT2D eigenvalue weighted by molar-refractivity contribution is 5.89. The molecule has 1 N–H and O–H groups in total. The molecule has 126 valence electrons. The number of aromatic nitrogens is 4. The van der Waals surface area contributed by atoms with Gasteiger partial charge < -0.3 is 10.2 Å². The molecule has 1 aromatic carbocycles. The van der Waals surface area contributed by atoms with Gasteiger partial charge in [-0.05, 0) is 30.5 Å². The van der Waals surface area contributed by atoms with Crippen LogP contribution in [0.25, 0.3) is 5.82 Å². The van der Waals surface area contributed by atoms with Gasteiger partial charge in [-0.15, -0.1) is 0 Å². The van der Waals surface area contributed by atoms with Crippen molar-refractivity contribution in [3.63, 3.8) is 0 Å². The first-order valence-electron chi connectivity index (χ1n) is 8.25. The van der Waals surface area contributed by atoms with Crippen molar-refractivity contribution in [3.8, 4) is 5.82 Å². The quantitative estimate of drug-likeness (QED) is 0.799. The zero-order valence-electron chi connectivity index (χ0n) is 13.6. The van der Waals surface area contributed by atoms with Crippen LogP contribution >= 0.6 is 0 Å². The molecule has 2 amide bonds. The highest BCUT2D eigenvalue weighted by atomic mass is 16.2. The Balaban J connectivity index is 1.46. The van der Waals surface area contributed by atoms with Crippen LogP contribution in [0.1, 0.15) is 24.4 Å². The van der Waals surface area contributed by atoms with Crippen LogP contribution in [0.4, 0.5) is 10.5 Å². The molecule has 0 bridgehead atoms. The Morgan fingerprint density at radius 2 is 2.04 bits per heavy atom.